The highest BCUT2D eigenvalue weighted by atomic mass is 79.9. The largest absolute Gasteiger partial charge is 0.393 e. The third kappa shape index (κ3) is 2.29. The molecule has 1 rings (SSSR count). The number of benzene rings is 1. The Hall–Kier alpha value is -0.410. The minimum atomic E-state index is -0.442. The maximum atomic E-state index is 12.9. The molecule has 0 aliphatic heterocycles. The van der Waals surface area contributed by atoms with Crippen molar-refractivity contribution in [1.29, 1.82) is 0 Å². The molecule has 0 spiro atoms. The Bertz CT molecular complexity index is 273. The minimum absolute atomic E-state index is 0.284. The molecule has 0 bridgehead atoms. The molecule has 0 amide bonds. The van der Waals surface area contributed by atoms with Crippen molar-refractivity contribution in [2.75, 3.05) is 0 Å². The number of aliphatic hydroxyl groups excluding tert-OH is 1. The predicted octanol–water partition coefficient (Wildman–Crippen LogP) is 2.51. The summed E-state index contributed by atoms with van der Waals surface area (Å²) in [5, 5.41) is 9.08. The summed E-state index contributed by atoms with van der Waals surface area (Å²) >= 11 is 3.12. The van der Waals surface area contributed by atoms with E-state index in [1.165, 1.54) is 6.07 Å². The molecule has 0 heterocycles. The fraction of sp³-hybridized carbons (Fsp3) is 0.333. The van der Waals surface area contributed by atoms with Gasteiger partial charge in [0, 0.05) is 0 Å². The van der Waals surface area contributed by atoms with E-state index >= 15 is 0 Å². The van der Waals surface area contributed by atoms with Gasteiger partial charge in [-0.2, -0.15) is 0 Å². The average Bonchev–Trinajstić information content (AvgIpc) is 1.98. The van der Waals surface area contributed by atoms with Gasteiger partial charge in [-0.05, 0) is 40.9 Å². The summed E-state index contributed by atoms with van der Waals surface area (Å²) in [5.41, 5.74) is 0.796. The zero-order valence-corrected chi connectivity index (χ0v) is 8.31. The van der Waals surface area contributed by atoms with Gasteiger partial charge in [0.05, 0.1) is 10.6 Å². The van der Waals surface area contributed by atoms with E-state index in [4.69, 9.17) is 5.11 Å². The lowest BCUT2D eigenvalue weighted by Gasteiger charge is -2.06. The number of hydrogen-bond donors (Lipinski definition) is 1. The molecule has 66 valence electrons. The molecule has 0 radical (unpaired) electrons. The van der Waals surface area contributed by atoms with Gasteiger partial charge < -0.3 is 5.11 Å². The summed E-state index contributed by atoms with van der Waals surface area (Å²) in [6.45, 7) is 1.68. The fourth-order valence-corrected chi connectivity index (χ4v) is 1.45. The van der Waals surface area contributed by atoms with E-state index in [-0.39, 0.29) is 5.82 Å². The monoisotopic (exact) mass is 232 g/mol. The number of rotatable bonds is 2. The van der Waals surface area contributed by atoms with Crippen molar-refractivity contribution in [3.63, 3.8) is 0 Å². The Morgan fingerprint density at radius 2 is 2.25 bits per heavy atom. The van der Waals surface area contributed by atoms with Crippen LogP contribution in [0.2, 0.25) is 0 Å². The zero-order valence-electron chi connectivity index (χ0n) is 6.72. The number of hydrogen-bond acceptors (Lipinski definition) is 1. The van der Waals surface area contributed by atoms with Crippen LogP contribution in [0.5, 0.6) is 0 Å². The van der Waals surface area contributed by atoms with Crippen LogP contribution < -0.4 is 0 Å². The Kier molecular flexibility index (Phi) is 3.23. The van der Waals surface area contributed by atoms with Gasteiger partial charge in [-0.25, -0.2) is 4.39 Å². The highest BCUT2D eigenvalue weighted by Gasteiger charge is 2.06. The van der Waals surface area contributed by atoms with Gasteiger partial charge in [0.15, 0.2) is 0 Å². The lowest BCUT2D eigenvalue weighted by Crippen LogP contribution is -2.05. The Labute approximate surface area is 79.4 Å². The van der Waals surface area contributed by atoms with E-state index in [0.29, 0.717) is 10.9 Å². The standard InChI is InChI=1S/C9H10BrFO/c1-6(12)5-7-3-2-4-8(11)9(7)10/h2-4,6,12H,5H2,1H3/t6-/m0/s1. The van der Waals surface area contributed by atoms with Crippen LogP contribution in [0.4, 0.5) is 4.39 Å². The van der Waals surface area contributed by atoms with Crippen molar-refractivity contribution < 1.29 is 9.50 Å². The smallest absolute Gasteiger partial charge is 0.137 e. The van der Waals surface area contributed by atoms with E-state index in [9.17, 15) is 4.39 Å². The molecular weight excluding hydrogens is 223 g/mol. The molecule has 0 fully saturated rings. The molecule has 3 heteroatoms. The highest BCUT2D eigenvalue weighted by molar-refractivity contribution is 9.10. The van der Waals surface area contributed by atoms with Crippen molar-refractivity contribution in [2.45, 2.75) is 19.4 Å². The van der Waals surface area contributed by atoms with Gasteiger partial charge in [-0.15, -0.1) is 0 Å². The first kappa shape index (κ1) is 9.68. The minimum Gasteiger partial charge on any atom is -0.393 e. The van der Waals surface area contributed by atoms with Crippen LogP contribution in [0.15, 0.2) is 22.7 Å². The topological polar surface area (TPSA) is 20.2 Å². The van der Waals surface area contributed by atoms with Crippen molar-refractivity contribution in [2.24, 2.45) is 0 Å². The second-order valence-corrected chi connectivity index (χ2v) is 3.56. The first-order chi connectivity index (χ1) is 5.61. The van der Waals surface area contributed by atoms with E-state index < -0.39 is 6.10 Å². The summed E-state index contributed by atoms with van der Waals surface area (Å²) in [6.07, 6.45) is 0.0290. The first-order valence-electron chi connectivity index (χ1n) is 3.72. The van der Waals surface area contributed by atoms with Gasteiger partial charge in [-0.1, -0.05) is 12.1 Å². The molecular formula is C9H10BrFO. The number of aliphatic hydroxyl groups is 1. The van der Waals surface area contributed by atoms with Gasteiger partial charge in [0.25, 0.3) is 0 Å². The molecule has 0 aliphatic rings. The van der Waals surface area contributed by atoms with Gasteiger partial charge in [0.1, 0.15) is 5.82 Å². The quantitative estimate of drug-likeness (QED) is 0.832. The normalized spacial score (nSPS) is 13.0. The van der Waals surface area contributed by atoms with Crippen molar-refractivity contribution in [1.82, 2.24) is 0 Å². The SMILES string of the molecule is C[C@H](O)Cc1cccc(F)c1Br. The van der Waals surface area contributed by atoms with E-state index in [1.54, 1.807) is 19.1 Å². The molecule has 0 saturated heterocycles. The van der Waals surface area contributed by atoms with Crippen LogP contribution in [0.25, 0.3) is 0 Å². The second kappa shape index (κ2) is 4.01. The van der Waals surface area contributed by atoms with Crippen LogP contribution in [0, 0.1) is 5.82 Å². The Morgan fingerprint density at radius 3 is 2.83 bits per heavy atom. The van der Waals surface area contributed by atoms with Crippen LogP contribution in [-0.4, -0.2) is 11.2 Å². The molecule has 1 aromatic rings. The summed E-state index contributed by atoms with van der Waals surface area (Å²) in [5.74, 6) is -0.284. The highest BCUT2D eigenvalue weighted by Crippen LogP contribution is 2.21. The molecule has 12 heavy (non-hydrogen) atoms. The third-order valence-corrected chi connectivity index (χ3v) is 2.43. The summed E-state index contributed by atoms with van der Waals surface area (Å²) < 4.78 is 13.4. The van der Waals surface area contributed by atoms with Crippen LogP contribution >= 0.6 is 15.9 Å². The molecule has 0 aliphatic carbocycles. The van der Waals surface area contributed by atoms with Crippen LogP contribution in [0.3, 0.4) is 0 Å². The van der Waals surface area contributed by atoms with Gasteiger partial charge >= 0.3 is 0 Å². The number of halogens is 2. The summed E-state index contributed by atoms with van der Waals surface area (Å²) in [6, 6.07) is 4.81. The molecule has 1 atom stereocenters. The summed E-state index contributed by atoms with van der Waals surface area (Å²) in [7, 11) is 0. The lowest BCUT2D eigenvalue weighted by atomic mass is 10.1. The molecule has 1 N–H and O–H groups in total. The van der Waals surface area contributed by atoms with Crippen molar-refractivity contribution in [3.8, 4) is 0 Å². The third-order valence-electron chi connectivity index (χ3n) is 1.55. The maximum Gasteiger partial charge on any atom is 0.137 e. The zero-order chi connectivity index (χ0) is 9.14. The Morgan fingerprint density at radius 1 is 1.58 bits per heavy atom. The lowest BCUT2D eigenvalue weighted by molar-refractivity contribution is 0.195. The molecule has 0 saturated carbocycles. The van der Waals surface area contributed by atoms with E-state index in [2.05, 4.69) is 15.9 Å². The van der Waals surface area contributed by atoms with Crippen molar-refractivity contribution >= 4 is 15.9 Å². The molecule has 1 nitrogen and oxygen atoms in total. The van der Waals surface area contributed by atoms with Crippen LogP contribution in [-0.2, 0) is 6.42 Å². The molecule has 0 unspecified atom stereocenters. The molecule has 0 aromatic heterocycles. The van der Waals surface area contributed by atoms with Gasteiger partial charge in [0.2, 0.25) is 0 Å². The Balaban J connectivity index is 2.92. The predicted molar refractivity (Wildman–Crippen MR) is 49.5 cm³/mol. The van der Waals surface area contributed by atoms with Crippen molar-refractivity contribution in [3.05, 3.63) is 34.1 Å². The van der Waals surface area contributed by atoms with E-state index in [1.807, 2.05) is 0 Å². The molecule has 1 aromatic carbocycles. The fourth-order valence-electron chi connectivity index (χ4n) is 1.02. The maximum absolute atomic E-state index is 12.9. The first-order valence-corrected chi connectivity index (χ1v) is 4.51. The average molecular weight is 233 g/mol. The van der Waals surface area contributed by atoms with Gasteiger partial charge in [-0.3, -0.25) is 0 Å². The van der Waals surface area contributed by atoms with E-state index in [0.717, 1.165) is 5.56 Å². The summed E-state index contributed by atoms with van der Waals surface area (Å²) in [4.78, 5) is 0. The van der Waals surface area contributed by atoms with Crippen LogP contribution in [0.1, 0.15) is 12.5 Å². The second-order valence-electron chi connectivity index (χ2n) is 2.77.